The highest BCUT2D eigenvalue weighted by Gasteiger charge is 2.19. The molecule has 0 saturated heterocycles. The van der Waals surface area contributed by atoms with Gasteiger partial charge in [0.25, 0.3) is 11.8 Å². The monoisotopic (exact) mass is 462 g/mol. The van der Waals surface area contributed by atoms with Gasteiger partial charge in [0.15, 0.2) is 11.5 Å². The summed E-state index contributed by atoms with van der Waals surface area (Å²) in [5.41, 5.74) is 2.31. The van der Waals surface area contributed by atoms with E-state index in [9.17, 15) is 9.59 Å². The molecule has 2 N–H and O–H groups in total. The fraction of sp³-hybridized carbons (Fsp3) is 0.259. The number of nitrogens with one attached hydrogen (secondary N) is 2. The van der Waals surface area contributed by atoms with Crippen LogP contribution in [0.2, 0.25) is 0 Å². The standard InChI is InChI=1S/C27H30N2O5/c1-5-32-24-13-12-20(16-25(24)33-6-2)19(4)28-27(31)23(17-22-11-8-14-34-22)29-26(30)21-10-7-9-18(3)15-21/h7-17,19H,5-6H2,1-4H3,(H,28,31)(H,29,30)/b23-17-. The summed E-state index contributed by atoms with van der Waals surface area (Å²) in [5, 5.41) is 5.66. The van der Waals surface area contributed by atoms with Gasteiger partial charge in [-0.3, -0.25) is 9.59 Å². The van der Waals surface area contributed by atoms with Crippen LogP contribution in [0.5, 0.6) is 11.5 Å². The van der Waals surface area contributed by atoms with Gasteiger partial charge in [0.2, 0.25) is 0 Å². The molecule has 1 atom stereocenters. The molecule has 1 aromatic heterocycles. The summed E-state index contributed by atoms with van der Waals surface area (Å²) in [6.07, 6.45) is 3.00. The van der Waals surface area contributed by atoms with Crippen molar-refractivity contribution in [1.82, 2.24) is 10.6 Å². The first kappa shape index (κ1) is 24.6. The van der Waals surface area contributed by atoms with Gasteiger partial charge in [-0.05, 0) is 69.7 Å². The van der Waals surface area contributed by atoms with E-state index in [-0.39, 0.29) is 17.6 Å². The maximum atomic E-state index is 13.2. The quantitative estimate of drug-likeness (QED) is 0.412. The van der Waals surface area contributed by atoms with E-state index >= 15 is 0 Å². The van der Waals surface area contributed by atoms with E-state index in [1.807, 2.05) is 52.0 Å². The van der Waals surface area contributed by atoms with Crippen LogP contribution in [-0.2, 0) is 4.79 Å². The number of rotatable bonds is 10. The van der Waals surface area contributed by atoms with Gasteiger partial charge in [0, 0.05) is 11.6 Å². The van der Waals surface area contributed by atoms with Crippen LogP contribution in [0.15, 0.2) is 71.0 Å². The Morgan fingerprint density at radius 1 is 1.00 bits per heavy atom. The van der Waals surface area contributed by atoms with Crippen molar-refractivity contribution in [3.63, 3.8) is 0 Å². The Labute approximate surface area is 199 Å². The van der Waals surface area contributed by atoms with Crippen LogP contribution in [0.1, 0.15) is 54.1 Å². The first-order chi connectivity index (χ1) is 16.4. The molecule has 2 amide bonds. The van der Waals surface area contributed by atoms with Crippen molar-refractivity contribution in [3.8, 4) is 11.5 Å². The van der Waals surface area contributed by atoms with E-state index in [1.54, 1.807) is 30.3 Å². The molecular weight excluding hydrogens is 432 g/mol. The zero-order valence-corrected chi connectivity index (χ0v) is 19.9. The molecule has 0 aliphatic heterocycles. The predicted molar refractivity (Wildman–Crippen MR) is 131 cm³/mol. The van der Waals surface area contributed by atoms with Crippen LogP contribution < -0.4 is 20.1 Å². The Balaban J connectivity index is 1.81. The minimum absolute atomic E-state index is 0.0734. The lowest BCUT2D eigenvalue weighted by molar-refractivity contribution is -0.118. The first-order valence-electron chi connectivity index (χ1n) is 11.2. The summed E-state index contributed by atoms with van der Waals surface area (Å²) in [7, 11) is 0. The average molecular weight is 463 g/mol. The number of amides is 2. The smallest absolute Gasteiger partial charge is 0.268 e. The molecule has 34 heavy (non-hydrogen) atoms. The highest BCUT2D eigenvalue weighted by molar-refractivity contribution is 6.05. The number of carbonyl (C=O) groups is 2. The minimum atomic E-state index is -0.447. The summed E-state index contributed by atoms with van der Waals surface area (Å²) < 4.78 is 16.7. The predicted octanol–water partition coefficient (Wildman–Crippen LogP) is 5.03. The fourth-order valence-electron chi connectivity index (χ4n) is 3.35. The van der Waals surface area contributed by atoms with E-state index in [0.717, 1.165) is 11.1 Å². The number of aryl methyl sites for hydroxylation is 1. The largest absolute Gasteiger partial charge is 0.490 e. The molecular formula is C27H30N2O5. The molecule has 2 aromatic carbocycles. The molecule has 0 saturated carbocycles. The van der Waals surface area contributed by atoms with Gasteiger partial charge in [-0.15, -0.1) is 0 Å². The van der Waals surface area contributed by atoms with Gasteiger partial charge in [-0.2, -0.15) is 0 Å². The Morgan fingerprint density at radius 3 is 2.44 bits per heavy atom. The zero-order chi connectivity index (χ0) is 24.5. The van der Waals surface area contributed by atoms with Crippen molar-refractivity contribution < 1.29 is 23.5 Å². The zero-order valence-electron chi connectivity index (χ0n) is 19.9. The number of hydrogen-bond donors (Lipinski definition) is 2. The number of ether oxygens (including phenoxy) is 2. The van der Waals surface area contributed by atoms with Crippen molar-refractivity contribution in [2.45, 2.75) is 33.7 Å². The summed E-state index contributed by atoms with van der Waals surface area (Å²) in [6.45, 7) is 8.58. The van der Waals surface area contributed by atoms with Crippen molar-refractivity contribution in [3.05, 3.63) is 89.0 Å². The summed E-state index contributed by atoms with van der Waals surface area (Å²) in [6, 6.07) is 15.8. The summed E-state index contributed by atoms with van der Waals surface area (Å²) in [4.78, 5) is 26.0. The molecule has 0 aliphatic carbocycles. The SMILES string of the molecule is CCOc1ccc(C(C)NC(=O)/C(=C/c2ccco2)NC(=O)c2cccc(C)c2)cc1OCC. The Morgan fingerprint density at radius 2 is 1.76 bits per heavy atom. The fourth-order valence-corrected chi connectivity index (χ4v) is 3.35. The number of benzene rings is 2. The lowest BCUT2D eigenvalue weighted by Gasteiger charge is -2.19. The lowest BCUT2D eigenvalue weighted by atomic mass is 10.1. The van der Waals surface area contributed by atoms with Crippen LogP contribution in [0.3, 0.4) is 0 Å². The molecule has 0 radical (unpaired) electrons. The van der Waals surface area contributed by atoms with E-state index in [0.29, 0.717) is 36.0 Å². The summed E-state index contributed by atoms with van der Waals surface area (Å²) in [5.74, 6) is 0.875. The van der Waals surface area contributed by atoms with E-state index in [1.165, 1.54) is 12.3 Å². The second kappa shape index (κ2) is 11.7. The Bertz CT molecular complexity index is 1150. The molecule has 3 rings (SSSR count). The highest BCUT2D eigenvalue weighted by atomic mass is 16.5. The van der Waals surface area contributed by atoms with E-state index < -0.39 is 5.91 Å². The van der Waals surface area contributed by atoms with Crippen LogP contribution >= 0.6 is 0 Å². The second-order valence-corrected chi connectivity index (χ2v) is 7.66. The molecule has 0 spiro atoms. The molecule has 7 nitrogen and oxygen atoms in total. The van der Waals surface area contributed by atoms with Crippen molar-refractivity contribution >= 4 is 17.9 Å². The highest BCUT2D eigenvalue weighted by Crippen LogP contribution is 2.30. The number of hydrogen-bond acceptors (Lipinski definition) is 5. The maximum Gasteiger partial charge on any atom is 0.268 e. The first-order valence-corrected chi connectivity index (χ1v) is 11.2. The van der Waals surface area contributed by atoms with Gasteiger partial charge >= 0.3 is 0 Å². The van der Waals surface area contributed by atoms with Gasteiger partial charge in [0.1, 0.15) is 11.5 Å². The van der Waals surface area contributed by atoms with Crippen molar-refractivity contribution in [1.29, 1.82) is 0 Å². The van der Waals surface area contributed by atoms with Gasteiger partial charge in [0.05, 0.1) is 25.5 Å². The van der Waals surface area contributed by atoms with Crippen molar-refractivity contribution in [2.24, 2.45) is 0 Å². The van der Waals surface area contributed by atoms with Gasteiger partial charge < -0.3 is 24.5 Å². The van der Waals surface area contributed by atoms with Crippen LogP contribution in [-0.4, -0.2) is 25.0 Å². The minimum Gasteiger partial charge on any atom is -0.490 e. The molecule has 3 aromatic rings. The topological polar surface area (TPSA) is 89.8 Å². The number of carbonyl (C=O) groups excluding carboxylic acids is 2. The molecule has 0 fully saturated rings. The molecule has 7 heteroatoms. The molecule has 0 bridgehead atoms. The second-order valence-electron chi connectivity index (χ2n) is 7.66. The third-order valence-corrected chi connectivity index (χ3v) is 5.02. The third-order valence-electron chi connectivity index (χ3n) is 5.02. The Hall–Kier alpha value is -4.00. The molecule has 1 heterocycles. The van der Waals surface area contributed by atoms with Crippen LogP contribution in [0.4, 0.5) is 0 Å². The van der Waals surface area contributed by atoms with E-state index in [4.69, 9.17) is 13.9 Å². The molecule has 0 aliphatic rings. The summed E-state index contributed by atoms with van der Waals surface area (Å²) >= 11 is 0. The van der Waals surface area contributed by atoms with Crippen molar-refractivity contribution in [2.75, 3.05) is 13.2 Å². The van der Waals surface area contributed by atoms with Crippen LogP contribution in [0.25, 0.3) is 6.08 Å². The van der Waals surface area contributed by atoms with Gasteiger partial charge in [-0.1, -0.05) is 23.8 Å². The normalized spacial score (nSPS) is 12.1. The average Bonchev–Trinajstić information content (AvgIpc) is 3.33. The number of furan rings is 1. The Kier molecular flexibility index (Phi) is 8.51. The lowest BCUT2D eigenvalue weighted by Crippen LogP contribution is -2.36. The van der Waals surface area contributed by atoms with E-state index in [2.05, 4.69) is 10.6 Å². The maximum absolute atomic E-state index is 13.2. The molecule has 178 valence electrons. The molecule has 1 unspecified atom stereocenters. The third kappa shape index (κ3) is 6.51. The van der Waals surface area contributed by atoms with Crippen LogP contribution in [0, 0.1) is 6.92 Å². The van der Waals surface area contributed by atoms with Gasteiger partial charge in [-0.25, -0.2) is 0 Å².